The summed E-state index contributed by atoms with van der Waals surface area (Å²) >= 11 is 11.9. The molecule has 0 aliphatic carbocycles. The van der Waals surface area contributed by atoms with E-state index in [0.717, 1.165) is 25.7 Å². The first-order valence-corrected chi connectivity index (χ1v) is 8.98. The fourth-order valence-corrected chi connectivity index (χ4v) is 3.96. The van der Waals surface area contributed by atoms with Crippen LogP contribution in [0.5, 0.6) is 5.88 Å². The highest BCUT2D eigenvalue weighted by Crippen LogP contribution is 2.38. The van der Waals surface area contributed by atoms with Gasteiger partial charge in [0.1, 0.15) is 16.9 Å². The molecule has 2 saturated heterocycles. The second-order valence-corrected chi connectivity index (χ2v) is 8.25. The number of carbonyl (C=O) groups is 1. The van der Waals surface area contributed by atoms with Crippen molar-refractivity contribution >= 4 is 29.3 Å². The summed E-state index contributed by atoms with van der Waals surface area (Å²) < 4.78 is 11.5. The number of halogens is 2. The summed E-state index contributed by atoms with van der Waals surface area (Å²) in [7, 11) is 0. The van der Waals surface area contributed by atoms with Gasteiger partial charge in [0.25, 0.3) is 0 Å². The van der Waals surface area contributed by atoms with Crippen LogP contribution in [-0.2, 0) is 4.74 Å². The molecule has 2 bridgehead atoms. The molecule has 1 aromatic rings. The fourth-order valence-electron chi connectivity index (χ4n) is 3.51. The lowest BCUT2D eigenvalue weighted by atomic mass is 10.0. The van der Waals surface area contributed by atoms with Crippen LogP contribution in [0.1, 0.15) is 46.5 Å². The third-order valence-electron chi connectivity index (χ3n) is 4.32. The zero-order valence-electron chi connectivity index (χ0n) is 14.1. The largest absolute Gasteiger partial charge is 0.474 e. The average molecular weight is 373 g/mol. The van der Waals surface area contributed by atoms with Crippen LogP contribution in [-0.4, -0.2) is 39.8 Å². The van der Waals surface area contributed by atoms with E-state index in [0.29, 0.717) is 16.1 Å². The van der Waals surface area contributed by atoms with Crippen molar-refractivity contribution in [3.8, 4) is 5.88 Å². The Morgan fingerprint density at radius 1 is 1.21 bits per heavy atom. The number of ether oxygens (including phenoxy) is 2. The van der Waals surface area contributed by atoms with Gasteiger partial charge in [-0.15, -0.1) is 0 Å². The van der Waals surface area contributed by atoms with Crippen molar-refractivity contribution in [2.45, 2.75) is 70.2 Å². The second kappa shape index (κ2) is 6.60. The Labute approximate surface area is 152 Å². The third-order valence-corrected chi connectivity index (χ3v) is 4.73. The molecule has 0 spiro atoms. The van der Waals surface area contributed by atoms with Crippen LogP contribution in [0.25, 0.3) is 0 Å². The Morgan fingerprint density at radius 2 is 1.83 bits per heavy atom. The number of pyridine rings is 1. The van der Waals surface area contributed by atoms with Crippen LogP contribution in [0, 0.1) is 0 Å². The maximum Gasteiger partial charge on any atom is 0.410 e. The molecule has 1 unspecified atom stereocenters. The number of nitrogens with zero attached hydrogens (tertiary/aromatic N) is 2. The lowest BCUT2D eigenvalue weighted by Crippen LogP contribution is -2.50. The van der Waals surface area contributed by atoms with Crippen LogP contribution in [0.2, 0.25) is 10.2 Å². The maximum absolute atomic E-state index is 12.4. The standard InChI is InChI=1S/C17H22Cl2N2O3/c1-17(2,3)24-16(22)21-11-4-5-12(21)9-13(8-11)23-15-7-10(18)6-14(19)20-15/h6-7,11-13H,4-5,8-9H2,1-3H3/t11-,12+,13?. The zero-order valence-corrected chi connectivity index (χ0v) is 15.6. The van der Waals surface area contributed by atoms with Crippen LogP contribution in [0.15, 0.2) is 12.1 Å². The molecule has 3 rings (SSSR count). The molecule has 24 heavy (non-hydrogen) atoms. The van der Waals surface area contributed by atoms with Gasteiger partial charge in [-0.1, -0.05) is 23.2 Å². The molecule has 1 aromatic heterocycles. The highest BCUT2D eigenvalue weighted by Gasteiger charge is 2.45. The van der Waals surface area contributed by atoms with E-state index >= 15 is 0 Å². The highest BCUT2D eigenvalue weighted by atomic mass is 35.5. The summed E-state index contributed by atoms with van der Waals surface area (Å²) in [6, 6.07) is 3.54. The first-order chi connectivity index (χ1) is 11.2. The molecule has 0 N–H and O–H groups in total. The van der Waals surface area contributed by atoms with Crippen molar-refractivity contribution in [3.05, 3.63) is 22.3 Å². The van der Waals surface area contributed by atoms with Crippen LogP contribution >= 0.6 is 23.2 Å². The minimum absolute atomic E-state index is 0.00298. The van der Waals surface area contributed by atoms with E-state index < -0.39 is 5.60 Å². The molecule has 0 aromatic carbocycles. The Kier molecular flexibility index (Phi) is 4.85. The van der Waals surface area contributed by atoms with Crippen molar-refractivity contribution < 1.29 is 14.3 Å². The summed E-state index contributed by atoms with van der Waals surface area (Å²) in [5.74, 6) is 0.433. The van der Waals surface area contributed by atoms with Crippen molar-refractivity contribution in [2.75, 3.05) is 0 Å². The average Bonchev–Trinajstić information content (AvgIpc) is 2.68. The van der Waals surface area contributed by atoms with Crippen molar-refractivity contribution in [2.24, 2.45) is 0 Å². The molecule has 132 valence electrons. The fraction of sp³-hybridized carbons (Fsp3) is 0.647. The van der Waals surface area contributed by atoms with E-state index in [4.69, 9.17) is 32.7 Å². The predicted molar refractivity (Wildman–Crippen MR) is 92.8 cm³/mol. The second-order valence-electron chi connectivity index (χ2n) is 7.43. The molecular weight excluding hydrogens is 351 g/mol. The number of carbonyl (C=O) groups excluding carboxylic acids is 1. The van der Waals surface area contributed by atoms with E-state index in [2.05, 4.69) is 4.98 Å². The van der Waals surface area contributed by atoms with Crippen LogP contribution in [0.4, 0.5) is 4.79 Å². The van der Waals surface area contributed by atoms with E-state index in [1.165, 1.54) is 0 Å². The summed E-state index contributed by atoms with van der Waals surface area (Å²) in [4.78, 5) is 18.5. The van der Waals surface area contributed by atoms with Gasteiger partial charge < -0.3 is 14.4 Å². The Hall–Kier alpha value is -1.20. The normalized spacial score (nSPS) is 26.4. The summed E-state index contributed by atoms with van der Waals surface area (Å²) in [5.41, 5.74) is -0.481. The Morgan fingerprint density at radius 3 is 2.38 bits per heavy atom. The molecule has 0 saturated carbocycles. The number of aromatic nitrogens is 1. The van der Waals surface area contributed by atoms with Gasteiger partial charge in [-0.05, 0) is 39.7 Å². The molecule has 1 amide bonds. The molecular formula is C17H22Cl2N2O3. The SMILES string of the molecule is CC(C)(C)OC(=O)N1[C@@H]2CC[C@H]1CC(Oc1cc(Cl)cc(Cl)n1)C2. The topological polar surface area (TPSA) is 51.7 Å². The quantitative estimate of drug-likeness (QED) is 0.706. The summed E-state index contributed by atoms with van der Waals surface area (Å²) in [6.07, 6.45) is 3.27. The van der Waals surface area contributed by atoms with Crippen LogP contribution in [0.3, 0.4) is 0 Å². The molecule has 2 aliphatic rings. The van der Waals surface area contributed by atoms with Gasteiger partial charge >= 0.3 is 6.09 Å². The highest BCUT2D eigenvalue weighted by molar-refractivity contribution is 6.34. The molecule has 3 heterocycles. The number of hydrogen-bond acceptors (Lipinski definition) is 4. The zero-order chi connectivity index (χ0) is 17.5. The van der Waals surface area contributed by atoms with E-state index in [-0.39, 0.29) is 24.3 Å². The van der Waals surface area contributed by atoms with E-state index in [1.54, 1.807) is 12.1 Å². The molecule has 2 fully saturated rings. The van der Waals surface area contributed by atoms with E-state index in [9.17, 15) is 4.79 Å². The lowest BCUT2D eigenvalue weighted by Gasteiger charge is -2.39. The number of piperidine rings is 1. The molecule has 5 nitrogen and oxygen atoms in total. The van der Waals surface area contributed by atoms with Gasteiger partial charge in [-0.25, -0.2) is 9.78 Å². The first kappa shape index (κ1) is 17.6. The lowest BCUT2D eigenvalue weighted by molar-refractivity contribution is -0.00758. The van der Waals surface area contributed by atoms with Gasteiger partial charge in [-0.3, -0.25) is 0 Å². The van der Waals surface area contributed by atoms with Gasteiger partial charge in [0.2, 0.25) is 5.88 Å². The van der Waals surface area contributed by atoms with Gasteiger partial charge in [0.15, 0.2) is 0 Å². The Bertz CT molecular complexity index is 599. The Balaban J connectivity index is 1.65. The number of rotatable bonds is 2. The third kappa shape index (κ3) is 4.06. The summed E-state index contributed by atoms with van der Waals surface area (Å²) in [6.45, 7) is 5.66. The minimum Gasteiger partial charge on any atom is -0.474 e. The van der Waals surface area contributed by atoms with Gasteiger partial charge in [-0.2, -0.15) is 0 Å². The minimum atomic E-state index is -0.481. The predicted octanol–water partition coefficient (Wildman–Crippen LogP) is 4.70. The van der Waals surface area contributed by atoms with Crippen molar-refractivity contribution in [1.82, 2.24) is 9.88 Å². The van der Waals surface area contributed by atoms with Crippen LogP contribution < -0.4 is 4.74 Å². The smallest absolute Gasteiger partial charge is 0.410 e. The van der Waals surface area contributed by atoms with Crippen molar-refractivity contribution in [3.63, 3.8) is 0 Å². The molecule has 3 atom stereocenters. The molecule has 7 heteroatoms. The number of fused-ring (bicyclic) bond motifs is 2. The molecule has 2 aliphatic heterocycles. The number of hydrogen-bond donors (Lipinski definition) is 0. The monoisotopic (exact) mass is 372 g/mol. The van der Waals surface area contributed by atoms with Gasteiger partial charge in [0.05, 0.1) is 0 Å². The molecule has 0 radical (unpaired) electrons. The number of amides is 1. The van der Waals surface area contributed by atoms with Crippen molar-refractivity contribution in [1.29, 1.82) is 0 Å². The van der Waals surface area contributed by atoms with E-state index in [1.807, 2.05) is 25.7 Å². The first-order valence-electron chi connectivity index (χ1n) is 8.22. The summed E-state index contributed by atoms with van der Waals surface area (Å²) in [5, 5.41) is 0.811. The maximum atomic E-state index is 12.4. The van der Waals surface area contributed by atoms with Gasteiger partial charge in [0, 0.05) is 36.0 Å².